The summed E-state index contributed by atoms with van der Waals surface area (Å²) in [6.45, 7) is -0.0251. The molecule has 10 heteroatoms. The van der Waals surface area contributed by atoms with Gasteiger partial charge < -0.3 is 4.74 Å². The first-order valence-corrected chi connectivity index (χ1v) is 10.4. The normalized spacial score (nSPS) is 11.5. The average Bonchev–Trinajstić information content (AvgIpc) is 3.22. The second kappa shape index (κ2) is 6.49. The Labute approximate surface area is 144 Å². The number of thiazole rings is 1. The number of esters is 1. The fourth-order valence-electron chi connectivity index (χ4n) is 1.76. The molecule has 2 N–H and O–H groups in total. The summed E-state index contributed by atoms with van der Waals surface area (Å²) in [7, 11) is -3.95. The largest absolute Gasteiger partial charge is 0.455 e. The maximum Gasteiger partial charge on any atom is 0.350 e. The van der Waals surface area contributed by atoms with Crippen LogP contribution in [0.25, 0.3) is 9.88 Å². The molecule has 0 unspecified atom stereocenters. The number of hydrogen-bond donors (Lipinski definition) is 1. The van der Waals surface area contributed by atoms with E-state index in [9.17, 15) is 13.2 Å². The van der Waals surface area contributed by atoms with E-state index in [0.717, 1.165) is 21.2 Å². The van der Waals surface area contributed by atoms with Crippen molar-refractivity contribution in [3.63, 3.8) is 0 Å². The highest BCUT2D eigenvalue weighted by molar-refractivity contribution is 7.89. The molecule has 0 saturated heterocycles. The molecule has 0 amide bonds. The molecule has 3 aromatic rings. The maximum absolute atomic E-state index is 12.0. The van der Waals surface area contributed by atoms with E-state index in [0.29, 0.717) is 5.69 Å². The van der Waals surface area contributed by atoms with E-state index in [1.54, 1.807) is 16.7 Å². The predicted octanol–water partition coefficient (Wildman–Crippen LogP) is 2.94. The Kier molecular flexibility index (Phi) is 4.60. The van der Waals surface area contributed by atoms with Crippen molar-refractivity contribution >= 4 is 50.0 Å². The van der Waals surface area contributed by atoms with Crippen molar-refractivity contribution in [2.45, 2.75) is 11.5 Å². The number of aromatic nitrogens is 1. The second-order valence-electron chi connectivity index (χ2n) is 4.36. The van der Waals surface area contributed by atoms with Crippen LogP contribution in [0.15, 0.2) is 39.2 Å². The third kappa shape index (κ3) is 3.67. The Morgan fingerprint density at radius 1 is 1.22 bits per heavy atom. The number of rotatable bonds is 5. The summed E-state index contributed by atoms with van der Waals surface area (Å²) in [6.07, 6.45) is 0. The minimum atomic E-state index is -3.95. The predicted molar refractivity (Wildman–Crippen MR) is 90.2 cm³/mol. The van der Waals surface area contributed by atoms with E-state index in [2.05, 4.69) is 4.98 Å². The van der Waals surface area contributed by atoms with Crippen LogP contribution in [0.1, 0.15) is 15.4 Å². The van der Waals surface area contributed by atoms with Gasteiger partial charge in [0.05, 0.1) is 10.6 Å². The molecule has 6 nitrogen and oxygen atoms in total. The van der Waals surface area contributed by atoms with E-state index in [1.165, 1.54) is 22.8 Å². The summed E-state index contributed by atoms with van der Waals surface area (Å²) in [5.74, 6) is -0.727. The van der Waals surface area contributed by atoms with Gasteiger partial charge in [0, 0.05) is 5.38 Å². The molecule has 0 bridgehead atoms. The van der Waals surface area contributed by atoms with Gasteiger partial charge in [-0.2, -0.15) is 0 Å². The van der Waals surface area contributed by atoms with Crippen molar-refractivity contribution in [2.24, 2.45) is 5.14 Å². The minimum Gasteiger partial charge on any atom is -0.455 e. The van der Waals surface area contributed by atoms with Crippen LogP contribution < -0.4 is 5.14 Å². The van der Waals surface area contributed by atoms with E-state index in [-0.39, 0.29) is 16.4 Å². The zero-order valence-electron chi connectivity index (χ0n) is 11.5. The number of nitrogens with zero attached hydrogens (tertiary/aromatic N) is 1. The zero-order valence-corrected chi connectivity index (χ0v) is 14.7. The lowest BCUT2D eigenvalue weighted by atomic mass is 10.4. The van der Waals surface area contributed by atoms with Crippen LogP contribution in [-0.4, -0.2) is 19.4 Å². The molecule has 0 aliphatic carbocycles. The average molecular weight is 387 g/mol. The summed E-state index contributed by atoms with van der Waals surface area (Å²) >= 11 is 4.01. The fraction of sp³-hybridized carbons (Fsp3) is 0.0769. The van der Waals surface area contributed by atoms with Gasteiger partial charge in [-0.1, -0.05) is 6.07 Å². The number of nitrogens with two attached hydrogens (primary N) is 1. The molecule has 23 heavy (non-hydrogen) atoms. The Morgan fingerprint density at radius 3 is 2.74 bits per heavy atom. The van der Waals surface area contributed by atoms with Crippen LogP contribution in [0.4, 0.5) is 0 Å². The number of hydrogen-bond acceptors (Lipinski definition) is 8. The standard InChI is InChI=1S/C13H10N2O4S4/c14-23(17,18)10-3-5-21-11(10)13(16)19-6-8-7-22-12(15-8)9-2-1-4-20-9/h1-5,7H,6H2,(H2,14,17,18). The first-order valence-electron chi connectivity index (χ1n) is 6.21. The molecule has 3 rings (SSSR count). The molecule has 0 aromatic carbocycles. The second-order valence-corrected chi connectivity index (χ2v) is 8.61. The molecule has 0 fully saturated rings. The van der Waals surface area contributed by atoms with E-state index in [1.807, 2.05) is 17.5 Å². The molecular weight excluding hydrogens is 376 g/mol. The smallest absolute Gasteiger partial charge is 0.350 e. The molecule has 3 heterocycles. The van der Waals surface area contributed by atoms with Crippen LogP contribution in [0, 0.1) is 0 Å². The van der Waals surface area contributed by atoms with Gasteiger partial charge in [0.25, 0.3) is 0 Å². The first kappa shape index (κ1) is 16.3. The van der Waals surface area contributed by atoms with Crippen molar-refractivity contribution in [1.82, 2.24) is 4.98 Å². The van der Waals surface area contributed by atoms with Gasteiger partial charge in [-0.25, -0.2) is 23.3 Å². The highest BCUT2D eigenvalue weighted by Crippen LogP contribution is 2.28. The maximum atomic E-state index is 12.0. The molecular formula is C13H10N2O4S4. The Hall–Kier alpha value is -1.59. The highest BCUT2D eigenvalue weighted by Gasteiger charge is 2.22. The molecule has 0 saturated carbocycles. The van der Waals surface area contributed by atoms with Gasteiger partial charge in [0.15, 0.2) is 0 Å². The Bertz CT molecular complexity index is 925. The molecule has 0 radical (unpaired) electrons. The lowest BCUT2D eigenvalue weighted by Crippen LogP contribution is -2.15. The minimum absolute atomic E-state index is 0.0251. The van der Waals surface area contributed by atoms with Gasteiger partial charge >= 0.3 is 5.97 Å². The highest BCUT2D eigenvalue weighted by atomic mass is 32.2. The first-order chi connectivity index (χ1) is 10.9. The molecule has 3 aromatic heterocycles. The van der Waals surface area contributed by atoms with Crippen molar-refractivity contribution in [1.29, 1.82) is 0 Å². The number of carbonyl (C=O) groups is 1. The molecule has 0 aliphatic heterocycles. The number of sulfonamides is 1. The fourth-order valence-corrected chi connectivity index (χ4v) is 5.24. The van der Waals surface area contributed by atoms with Crippen LogP contribution in [0.3, 0.4) is 0 Å². The van der Waals surface area contributed by atoms with Crippen molar-refractivity contribution in [2.75, 3.05) is 0 Å². The lowest BCUT2D eigenvalue weighted by Gasteiger charge is -2.03. The number of ether oxygens (including phenoxy) is 1. The zero-order chi connectivity index (χ0) is 16.4. The summed E-state index contributed by atoms with van der Waals surface area (Å²) in [5, 5.41) is 11.2. The number of carbonyl (C=O) groups excluding carboxylic acids is 1. The quantitative estimate of drug-likeness (QED) is 0.680. The third-order valence-corrected chi connectivity index (χ3v) is 6.66. The van der Waals surface area contributed by atoms with Crippen LogP contribution in [-0.2, 0) is 21.4 Å². The molecule has 0 atom stereocenters. The Morgan fingerprint density at radius 2 is 2.04 bits per heavy atom. The topological polar surface area (TPSA) is 99.4 Å². The summed E-state index contributed by atoms with van der Waals surface area (Å²) < 4.78 is 27.9. The lowest BCUT2D eigenvalue weighted by molar-refractivity contribution is 0.0470. The third-order valence-electron chi connectivity index (χ3n) is 2.76. The van der Waals surface area contributed by atoms with Crippen molar-refractivity contribution < 1.29 is 17.9 Å². The van der Waals surface area contributed by atoms with Gasteiger partial charge in [-0.05, 0) is 22.9 Å². The molecule has 0 aliphatic rings. The van der Waals surface area contributed by atoms with Gasteiger partial charge in [0.1, 0.15) is 21.4 Å². The van der Waals surface area contributed by atoms with E-state index < -0.39 is 16.0 Å². The van der Waals surface area contributed by atoms with Gasteiger partial charge in [0.2, 0.25) is 10.0 Å². The Balaban J connectivity index is 1.70. The number of primary sulfonamides is 1. The van der Waals surface area contributed by atoms with E-state index >= 15 is 0 Å². The number of thiophene rings is 2. The van der Waals surface area contributed by atoms with Crippen LogP contribution in [0.5, 0.6) is 0 Å². The van der Waals surface area contributed by atoms with Crippen LogP contribution in [0.2, 0.25) is 0 Å². The summed E-state index contributed by atoms with van der Waals surface area (Å²) in [5.41, 5.74) is 0.612. The van der Waals surface area contributed by atoms with Crippen molar-refractivity contribution in [3.8, 4) is 9.88 Å². The van der Waals surface area contributed by atoms with Gasteiger partial charge in [-0.15, -0.1) is 34.0 Å². The SMILES string of the molecule is NS(=O)(=O)c1ccsc1C(=O)OCc1csc(-c2cccs2)n1. The van der Waals surface area contributed by atoms with Crippen LogP contribution >= 0.6 is 34.0 Å². The van der Waals surface area contributed by atoms with E-state index in [4.69, 9.17) is 9.88 Å². The molecule has 0 spiro atoms. The molecule has 120 valence electrons. The summed E-state index contributed by atoms with van der Waals surface area (Å²) in [4.78, 5) is 17.2. The van der Waals surface area contributed by atoms with Crippen molar-refractivity contribution in [3.05, 3.63) is 44.9 Å². The monoisotopic (exact) mass is 386 g/mol. The summed E-state index contributed by atoms with van der Waals surface area (Å²) in [6, 6.07) is 5.18. The van der Waals surface area contributed by atoms with Gasteiger partial charge in [-0.3, -0.25) is 0 Å².